The maximum atomic E-state index is 12.7. The van der Waals surface area contributed by atoms with Gasteiger partial charge in [-0.15, -0.1) is 0 Å². The molecule has 1 aliphatic heterocycles. The fourth-order valence-electron chi connectivity index (χ4n) is 2.84. The number of hydrogen-bond donors (Lipinski definition) is 1. The number of rotatable bonds is 3. The molecule has 5 heteroatoms. The molecule has 0 atom stereocenters. The number of hydrogen-bond acceptors (Lipinski definition) is 3. The molecule has 1 N–H and O–H groups in total. The fourth-order valence-corrected chi connectivity index (χ4v) is 2.84. The Bertz CT molecular complexity index is 662. The number of carbonyl (C=O) groups is 1. The molecule has 0 saturated carbocycles. The van der Waals surface area contributed by atoms with Crippen LogP contribution in [-0.4, -0.2) is 34.2 Å². The van der Waals surface area contributed by atoms with Crippen LogP contribution < -0.4 is 5.32 Å². The molecule has 1 aliphatic rings. The molecule has 21 heavy (non-hydrogen) atoms. The number of carbonyl (C=O) groups excluding carboxylic acids is 1. The van der Waals surface area contributed by atoms with Crippen LogP contribution in [0.2, 0.25) is 0 Å². The molecule has 0 aliphatic carbocycles. The zero-order chi connectivity index (χ0) is 14.8. The van der Waals surface area contributed by atoms with Crippen molar-refractivity contribution in [2.75, 3.05) is 13.6 Å². The molecule has 5 nitrogen and oxygen atoms in total. The first-order valence-electron chi connectivity index (χ1n) is 7.19. The van der Waals surface area contributed by atoms with Crippen molar-refractivity contribution in [3.8, 4) is 0 Å². The van der Waals surface area contributed by atoms with Gasteiger partial charge in [-0.2, -0.15) is 5.10 Å². The summed E-state index contributed by atoms with van der Waals surface area (Å²) in [5.41, 5.74) is 4.31. The van der Waals surface area contributed by atoms with Crippen molar-refractivity contribution in [2.24, 2.45) is 7.05 Å². The highest BCUT2D eigenvalue weighted by Gasteiger charge is 2.20. The maximum Gasteiger partial charge on any atom is 0.254 e. The van der Waals surface area contributed by atoms with E-state index in [1.807, 2.05) is 32.4 Å². The quantitative estimate of drug-likeness (QED) is 0.925. The minimum absolute atomic E-state index is 0.0811. The van der Waals surface area contributed by atoms with Crippen LogP contribution in [0.1, 0.15) is 27.0 Å². The first-order valence-corrected chi connectivity index (χ1v) is 7.19. The number of benzene rings is 1. The highest BCUT2D eigenvalue weighted by Crippen LogP contribution is 2.20. The summed E-state index contributed by atoms with van der Waals surface area (Å²) in [6, 6.07) is 6.00. The average molecular weight is 284 g/mol. The van der Waals surface area contributed by atoms with Gasteiger partial charge in [0.25, 0.3) is 5.91 Å². The topological polar surface area (TPSA) is 50.2 Å². The number of aromatic nitrogens is 2. The van der Waals surface area contributed by atoms with Gasteiger partial charge >= 0.3 is 0 Å². The number of nitrogens with zero attached hydrogens (tertiary/aromatic N) is 3. The van der Waals surface area contributed by atoms with Crippen molar-refractivity contribution in [2.45, 2.75) is 19.5 Å². The van der Waals surface area contributed by atoms with Crippen molar-refractivity contribution >= 4 is 5.91 Å². The Labute approximate surface area is 124 Å². The Morgan fingerprint density at radius 2 is 2.33 bits per heavy atom. The van der Waals surface area contributed by atoms with E-state index in [0.717, 1.165) is 30.6 Å². The Kier molecular flexibility index (Phi) is 3.75. The average Bonchev–Trinajstić information content (AvgIpc) is 2.91. The van der Waals surface area contributed by atoms with E-state index in [2.05, 4.69) is 16.5 Å². The minimum atomic E-state index is 0.0811. The summed E-state index contributed by atoms with van der Waals surface area (Å²) in [5, 5.41) is 7.49. The summed E-state index contributed by atoms with van der Waals surface area (Å²) in [5.74, 6) is 0.0811. The molecule has 0 unspecified atom stereocenters. The van der Waals surface area contributed by atoms with E-state index in [0.29, 0.717) is 6.54 Å². The van der Waals surface area contributed by atoms with Crippen LogP contribution in [0, 0.1) is 0 Å². The highest BCUT2D eigenvalue weighted by molar-refractivity contribution is 5.96. The van der Waals surface area contributed by atoms with Gasteiger partial charge in [-0.25, -0.2) is 0 Å². The van der Waals surface area contributed by atoms with Crippen molar-refractivity contribution in [1.82, 2.24) is 20.0 Å². The summed E-state index contributed by atoms with van der Waals surface area (Å²) >= 11 is 0. The van der Waals surface area contributed by atoms with Gasteiger partial charge in [0, 0.05) is 44.5 Å². The van der Waals surface area contributed by atoms with Gasteiger partial charge in [-0.05, 0) is 30.2 Å². The van der Waals surface area contributed by atoms with Crippen LogP contribution in [0.3, 0.4) is 0 Å². The van der Waals surface area contributed by atoms with Gasteiger partial charge in [0.05, 0.1) is 6.20 Å². The van der Waals surface area contributed by atoms with E-state index in [1.165, 1.54) is 11.1 Å². The minimum Gasteiger partial charge on any atom is -0.337 e. The number of fused-ring (bicyclic) bond motifs is 1. The Morgan fingerprint density at radius 3 is 3.10 bits per heavy atom. The molecule has 110 valence electrons. The molecular weight excluding hydrogens is 264 g/mol. The Hall–Kier alpha value is -2.14. The third-order valence-corrected chi connectivity index (χ3v) is 3.90. The zero-order valence-electron chi connectivity index (χ0n) is 12.5. The molecule has 2 aromatic rings. The largest absolute Gasteiger partial charge is 0.337 e. The molecular formula is C16H20N4O. The van der Waals surface area contributed by atoms with E-state index in [9.17, 15) is 4.79 Å². The molecule has 0 bridgehead atoms. The van der Waals surface area contributed by atoms with Crippen LogP contribution in [0.25, 0.3) is 0 Å². The lowest BCUT2D eigenvalue weighted by molar-refractivity contribution is 0.0783. The van der Waals surface area contributed by atoms with Crippen molar-refractivity contribution in [3.05, 3.63) is 52.8 Å². The van der Waals surface area contributed by atoms with Crippen LogP contribution >= 0.6 is 0 Å². The van der Waals surface area contributed by atoms with Crippen molar-refractivity contribution in [3.63, 3.8) is 0 Å². The summed E-state index contributed by atoms with van der Waals surface area (Å²) in [7, 11) is 3.72. The van der Waals surface area contributed by atoms with E-state index in [-0.39, 0.29) is 5.91 Å². The van der Waals surface area contributed by atoms with E-state index in [4.69, 9.17) is 0 Å². The first kappa shape index (κ1) is 13.8. The summed E-state index contributed by atoms with van der Waals surface area (Å²) in [6.07, 6.45) is 4.65. The lowest BCUT2D eigenvalue weighted by Crippen LogP contribution is -2.30. The molecule has 0 spiro atoms. The van der Waals surface area contributed by atoms with Crippen molar-refractivity contribution in [1.29, 1.82) is 0 Å². The van der Waals surface area contributed by atoms with Gasteiger partial charge in [-0.1, -0.05) is 12.1 Å². The maximum absolute atomic E-state index is 12.7. The molecule has 1 amide bonds. The zero-order valence-corrected chi connectivity index (χ0v) is 12.5. The lowest BCUT2D eigenvalue weighted by atomic mass is 9.95. The van der Waals surface area contributed by atoms with E-state index in [1.54, 1.807) is 15.8 Å². The highest BCUT2D eigenvalue weighted by atomic mass is 16.2. The van der Waals surface area contributed by atoms with Crippen LogP contribution in [-0.2, 0) is 26.6 Å². The van der Waals surface area contributed by atoms with Crippen LogP contribution in [0.4, 0.5) is 0 Å². The van der Waals surface area contributed by atoms with Gasteiger partial charge in [-0.3, -0.25) is 9.48 Å². The molecule has 1 aromatic carbocycles. The Morgan fingerprint density at radius 1 is 1.48 bits per heavy atom. The first-order chi connectivity index (χ1) is 10.1. The third kappa shape index (κ3) is 2.83. The molecule has 0 radical (unpaired) electrons. The van der Waals surface area contributed by atoms with Gasteiger partial charge < -0.3 is 10.2 Å². The summed E-state index contributed by atoms with van der Waals surface area (Å²) in [6.45, 7) is 2.36. The fraction of sp³-hybridized carbons (Fsp3) is 0.375. The second-order valence-electron chi connectivity index (χ2n) is 5.55. The van der Waals surface area contributed by atoms with Gasteiger partial charge in [0.2, 0.25) is 0 Å². The van der Waals surface area contributed by atoms with E-state index >= 15 is 0 Å². The van der Waals surface area contributed by atoms with Crippen LogP contribution in [0.5, 0.6) is 0 Å². The molecule has 1 aromatic heterocycles. The molecule has 3 rings (SSSR count). The summed E-state index contributed by atoms with van der Waals surface area (Å²) < 4.78 is 1.75. The normalized spacial score (nSPS) is 13.8. The third-order valence-electron chi connectivity index (χ3n) is 3.90. The predicted octanol–water partition coefficient (Wildman–Crippen LogP) is 1.34. The smallest absolute Gasteiger partial charge is 0.254 e. The Balaban J connectivity index is 1.81. The second-order valence-corrected chi connectivity index (χ2v) is 5.55. The standard InChI is InChI=1S/C16H20N4O/c1-19(10-12-8-18-20(2)11-12)16(21)15-5-3-4-13-9-17-7-6-14(13)15/h3-5,8,11,17H,6-7,9-10H2,1-2H3. The SMILES string of the molecule is CN(Cc1cnn(C)c1)C(=O)c1cccc2c1CCNC2. The van der Waals surface area contributed by atoms with Gasteiger partial charge in [0.1, 0.15) is 0 Å². The molecule has 2 heterocycles. The molecule has 0 fully saturated rings. The predicted molar refractivity (Wildman–Crippen MR) is 80.9 cm³/mol. The van der Waals surface area contributed by atoms with Crippen molar-refractivity contribution < 1.29 is 4.79 Å². The number of nitrogens with one attached hydrogen (secondary N) is 1. The number of aryl methyl sites for hydroxylation is 1. The lowest BCUT2D eigenvalue weighted by Gasteiger charge is -2.23. The van der Waals surface area contributed by atoms with Crippen LogP contribution in [0.15, 0.2) is 30.6 Å². The monoisotopic (exact) mass is 284 g/mol. The molecule has 0 saturated heterocycles. The summed E-state index contributed by atoms with van der Waals surface area (Å²) in [4.78, 5) is 14.5. The number of amides is 1. The van der Waals surface area contributed by atoms with E-state index < -0.39 is 0 Å². The van der Waals surface area contributed by atoms with Gasteiger partial charge in [0.15, 0.2) is 0 Å². The second kappa shape index (κ2) is 5.69.